The van der Waals surface area contributed by atoms with E-state index in [1.807, 2.05) is 31.2 Å². The van der Waals surface area contributed by atoms with Crippen LogP contribution < -0.4 is 15.4 Å². The third-order valence-corrected chi connectivity index (χ3v) is 4.33. The topological polar surface area (TPSA) is 50.4 Å². The van der Waals surface area contributed by atoms with Gasteiger partial charge >= 0.3 is 6.36 Å². The van der Waals surface area contributed by atoms with Crippen molar-refractivity contribution in [2.75, 3.05) is 13.6 Å². The van der Waals surface area contributed by atoms with Crippen LogP contribution in [-0.4, -0.2) is 31.9 Å². The first-order chi connectivity index (χ1) is 13.3. The normalized spacial score (nSPS) is 12.5. The molecule has 28 heavy (non-hydrogen) atoms. The Morgan fingerprint density at radius 3 is 2.11 bits per heavy atom. The van der Waals surface area contributed by atoms with Gasteiger partial charge in [-0.3, -0.25) is 4.79 Å². The highest BCUT2D eigenvalue weighted by Gasteiger charge is 2.30. The van der Waals surface area contributed by atoms with Crippen molar-refractivity contribution in [3.63, 3.8) is 0 Å². The molecule has 0 aliphatic rings. The van der Waals surface area contributed by atoms with Crippen molar-refractivity contribution in [1.82, 2.24) is 10.6 Å². The molecule has 0 saturated heterocycles. The van der Waals surface area contributed by atoms with Gasteiger partial charge in [0.15, 0.2) is 0 Å². The van der Waals surface area contributed by atoms with Crippen molar-refractivity contribution < 1.29 is 22.7 Å². The van der Waals surface area contributed by atoms with Crippen LogP contribution in [0.3, 0.4) is 0 Å². The third-order valence-electron chi connectivity index (χ3n) is 4.33. The number of alkyl halides is 3. The maximum Gasteiger partial charge on any atom is 0.573 e. The summed E-state index contributed by atoms with van der Waals surface area (Å²) < 4.78 is 40.5. The van der Waals surface area contributed by atoms with E-state index in [1.165, 1.54) is 12.1 Å². The van der Waals surface area contributed by atoms with Crippen molar-refractivity contribution in [2.45, 2.75) is 38.6 Å². The number of hydrogen-bond donors (Lipinski definition) is 2. The molecule has 0 spiro atoms. The average Bonchev–Trinajstić information content (AvgIpc) is 2.66. The van der Waals surface area contributed by atoms with Gasteiger partial charge < -0.3 is 15.4 Å². The lowest BCUT2D eigenvalue weighted by atomic mass is 10.0. The molecule has 0 aliphatic carbocycles. The molecule has 2 rings (SSSR count). The lowest BCUT2D eigenvalue weighted by molar-refractivity contribution is -0.274. The van der Waals surface area contributed by atoms with E-state index in [-0.39, 0.29) is 17.7 Å². The predicted molar refractivity (Wildman–Crippen MR) is 103 cm³/mol. The first-order valence-electron chi connectivity index (χ1n) is 9.22. The summed E-state index contributed by atoms with van der Waals surface area (Å²) in [5.74, 6) is -0.242. The van der Waals surface area contributed by atoms with Crippen LogP contribution in [0.1, 0.15) is 25.3 Å². The largest absolute Gasteiger partial charge is 0.573 e. The summed E-state index contributed by atoms with van der Waals surface area (Å²) in [6.07, 6.45) is -2.26. The van der Waals surface area contributed by atoms with E-state index in [9.17, 15) is 18.0 Å². The molecular weight excluding hydrogens is 369 g/mol. The molecule has 0 fully saturated rings. The number of likely N-dealkylation sites (N-methyl/N-ethyl adjacent to an activating group) is 1. The molecule has 0 aliphatic heterocycles. The van der Waals surface area contributed by atoms with Crippen LogP contribution in [0.4, 0.5) is 13.2 Å². The van der Waals surface area contributed by atoms with Gasteiger partial charge in [-0.05, 0) is 48.7 Å². The number of carbonyl (C=O) groups is 1. The summed E-state index contributed by atoms with van der Waals surface area (Å²) in [6.45, 7) is 2.58. The quantitative estimate of drug-likeness (QED) is 0.667. The van der Waals surface area contributed by atoms with Gasteiger partial charge in [0.25, 0.3) is 0 Å². The Kier molecular flexibility index (Phi) is 7.87. The molecule has 152 valence electrons. The van der Waals surface area contributed by atoms with Crippen molar-refractivity contribution in [2.24, 2.45) is 0 Å². The molecule has 2 N–H and O–H groups in total. The van der Waals surface area contributed by atoms with E-state index in [2.05, 4.69) is 15.4 Å². The van der Waals surface area contributed by atoms with Crippen LogP contribution in [-0.2, 0) is 11.2 Å². The fraction of sp³-hybridized carbons (Fsp3) is 0.381. The number of carbonyl (C=O) groups excluding carboxylic acids is 1. The number of hydrogen-bond acceptors (Lipinski definition) is 3. The molecule has 0 bridgehead atoms. The van der Waals surface area contributed by atoms with Crippen LogP contribution in [0.5, 0.6) is 5.75 Å². The Labute approximate surface area is 163 Å². The highest BCUT2D eigenvalue weighted by molar-refractivity contribution is 5.81. The average molecular weight is 394 g/mol. The van der Waals surface area contributed by atoms with Crippen LogP contribution in [0.15, 0.2) is 48.5 Å². The first kappa shape index (κ1) is 21.8. The van der Waals surface area contributed by atoms with E-state index in [0.29, 0.717) is 13.0 Å². The minimum absolute atomic E-state index is 0.00198. The Morgan fingerprint density at radius 2 is 1.61 bits per heavy atom. The lowest BCUT2D eigenvalue weighted by Gasteiger charge is -2.15. The fourth-order valence-electron chi connectivity index (χ4n) is 2.86. The van der Waals surface area contributed by atoms with Crippen molar-refractivity contribution in [1.29, 1.82) is 0 Å². The van der Waals surface area contributed by atoms with E-state index in [4.69, 9.17) is 0 Å². The van der Waals surface area contributed by atoms with E-state index >= 15 is 0 Å². The molecule has 0 aromatic heterocycles. The minimum Gasteiger partial charge on any atom is -0.406 e. The van der Waals surface area contributed by atoms with Crippen LogP contribution in [0.25, 0.3) is 11.1 Å². The SMILES string of the molecule is CCCC(NC)C(=O)NCCc1ccc(-c2ccc(OC(F)(F)F)cc2)cc1. The predicted octanol–water partition coefficient (Wildman–Crippen LogP) is 4.30. The highest BCUT2D eigenvalue weighted by Crippen LogP contribution is 2.26. The third kappa shape index (κ3) is 6.88. The number of benzene rings is 2. The fourth-order valence-corrected chi connectivity index (χ4v) is 2.86. The van der Waals surface area contributed by atoms with Crippen LogP contribution in [0.2, 0.25) is 0 Å². The molecule has 1 atom stereocenters. The van der Waals surface area contributed by atoms with Gasteiger partial charge in [0, 0.05) is 6.54 Å². The lowest BCUT2D eigenvalue weighted by Crippen LogP contribution is -2.43. The number of ether oxygens (including phenoxy) is 1. The number of amides is 1. The summed E-state index contributed by atoms with van der Waals surface area (Å²) in [6, 6.07) is 13.3. The minimum atomic E-state index is -4.69. The molecule has 2 aromatic rings. The van der Waals surface area contributed by atoms with Crippen molar-refractivity contribution in [3.8, 4) is 16.9 Å². The Balaban J connectivity index is 1.88. The van der Waals surface area contributed by atoms with Gasteiger partial charge in [-0.25, -0.2) is 0 Å². The second-order valence-electron chi connectivity index (χ2n) is 6.44. The monoisotopic (exact) mass is 394 g/mol. The van der Waals surface area contributed by atoms with E-state index in [0.717, 1.165) is 29.5 Å². The van der Waals surface area contributed by atoms with E-state index in [1.54, 1.807) is 19.2 Å². The summed E-state index contributed by atoms with van der Waals surface area (Å²) in [5.41, 5.74) is 2.76. The molecule has 2 aromatic carbocycles. The van der Waals surface area contributed by atoms with Gasteiger partial charge in [0.1, 0.15) is 5.75 Å². The smallest absolute Gasteiger partial charge is 0.406 e. The second kappa shape index (κ2) is 10.1. The van der Waals surface area contributed by atoms with Crippen molar-refractivity contribution in [3.05, 3.63) is 54.1 Å². The molecule has 0 saturated carbocycles. The van der Waals surface area contributed by atoms with Gasteiger partial charge in [0.2, 0.25) is 5.91 Å². The summed E-state index contributed by atoms with van der Waals surface area (Å²) in [7, 11) is 1.78. The molecule has 0 radical (unpaired) electrons. The highest BCUT2D eigenvalue weighted by atomic mass is 19.4. The second-order valence-corrected chi connectivity index (χ2v) is 6.44. The Bertz CT molecular complexity index is 744. The van der Waals surface area contributed by atoms with Gasteiger partial charge in [0.05, 0.1) is 6.04 Å². The standard InChI is InChI=1S/C21H25F3N2O2/c1-3-4-19(25-2)20(27)26-14-13-15-5-7-16(8-6-15)17-9-11-18(12-10-17)28-21(22,23)24/h5-12,19,25H,3-4,13-14H2,1-2H3,(H,26,27). The maximum absolute atomic E-state index is 12.2. The molecule has 1 unspecified atom stereocenters. The zero-order chi connectivity index (χ0) is 20.6. The molecule has 1 amide bonds. The summed E-state index contributed by atoms with van der Waals surface area (Å²) >= 11 is 0. The molecule has 7 heteroatoms. The van der Waals surface area contributed by atoms with Gasteiger partial charge in [-0.15, -0.1) is 13.2 Å². The van der Waals surface area contributed by atoms with Gasteiger partial charge in [-0.1, -0.05) is 49.7 Å². The van der Waals surface area contributed by atoms with Crippen LogP contribution in [0, 0.1) is 0 Å². The van der Waals surface area contributed by atoms with E-state index < -0.39 is 6.36 Å². The summed E-state index contributed by atoms with van der Waals surface area (Å²) in [4.78, 5) is 12.1. The maximum atomic E-state index is 12.2. The molecular formula is C21H25F3N2O2. The number of halogens is 3. The number of nitrogens with one attached hydrogen (secondary N) is 2. The van der Waals surface area contributed by atoms with Crippen molar-refractivity contribution >= 4 is 5.91 Å². The van der Waals surface area contributed by atoms with Crippen LogP contribution >= 0.6 is 0 Å². The molecule has 0 heterocycles. The first-order valence-corrected chi connectivity index (χ1v) is 9.22. The Morgan fingerprint density at radius 1 is 1.04 bits per heavy atom. The zero-order valence-electron chi connectivity index (χ0n) is 16.0. The summed E-state index contributed by atoms with van der Waals surface area (Å²) in [5, 5.41) is 5.94. The molecule has 4 nitrogen and oxygen atoms in total. The van der Waals surface area contributed by atoms with Gasteiger partial charge in [-0.2, -0.15) is 0 Å². The number of rotatable bonds is 9. The zero-order valence-corrected chi connectivity index (χ0v) is 16.0. The Hall–Kier alpha value is -2.54.